The van der Waals surface area contributed by atoms with Crippen molar-refractivity contribution in [1.29, 1.82) is 5.26 Å². The van der Waals surface area contributed by atoms with E-state index in [0.717, 1.165) is 0 Å². The second kappa shape index (κ2) is 4.53. The van der Waals surface area contributed by atoms with Gasteiger partial charge in [0.05, 0.1) is 17.7 Å². The van der Waals surface area contributed by atoms with Crippen LogP contribution in [0.2, 0.25) is 0 Å². The van der Waals surface area contributed by atoms with Crippen LogP contribution in [0.5, 0.6) is 0 Å². The average Bonchev–Trinajstić information content (AvgIpc) is 2.21. The highest BCUT2D eigenvalue weighted by atomic mass is 16.3. The average molecular weight is 177 g/mol. The summed E-state index contributed by atoms with van der Waals surface area (Å²) in [5.74, 6) is -0.394. The summed E-state index contributed by atoms with van der Waals surface area (Å²) < 4.78 is 0. The molecule has 0 aliphatic carbocycles. The van der Waals surface area contributed by atoms with Gasteiger partial charge in [-0.2, -0.15) is 5.26 Å². The largest absolute Gasteiger partial charge is 0.385 e. The maximum absolute atomic E-state index is 9.67. The quantitative estimate of drug-likeness (QED) is 0.749. The molecular weight excluding hydrogens is 166 g/mol. The molecule has 1 aromatic rings. The molecule has 1 N–H and O–H groups in total. The predicted octanol–water partition coefficient (Wildman–Crippen LogP) is 1.06. The minimum Gasteiger partial charge on any atom is -0.385 e. The van der Waals surface area contributed by atoms with Crippen molar-refractivity contribution in [2.75, 3.05) is 0 Å². The van der Waals surface area contributed by atoms with Crippen LogP contribution >= 0.6 is 0 Å². The Morgan fingerprint density at radius 1 is 1.69 bits per heavy atom. The van der Waals surface area contributed by atoms with Gasteiger partial charge < -0.3 is 5.11 Å². The van der Waals surface area contributed by atoms with Crippen molar-refractivity contribution in [1.82, 2.24) is 9.97 Å². The molecule has 1 heterocycles. The molecule has 0 saturated carbocycles. The van der Waals surface area contributed by atoms with Gasteiger partial charge in [0.25, 0.3) is 0 Å². The van der Waals surface area contributed by atoms with E-state index in [4.69, 9.17) is 5.26 Å². The summed E-state index contributed by atoms with van der Waals surface area (Å²) >= 11 is 0. The zero-order valence-corrected chi connectivity index (χ0v) is 7.38. The van der Waals surface area contributed by atoms with E-state index < -0.39 is 12.0 Å². The van der Waals surface area contributed by atoms with Gasteiger partial charge in [0.2, 0.25) is 0 Å². The number of nitriles is 1. The van der Waals surface area contributed by atoms with E-state index in [1.807, 2.05) is 13.0 Å². The molecule has 0 aromatic carbocycles. The molecule has 13 heavy (non-hydrogen) atoms. The molecule has 0 aliphatic heterocycles. The highest BCUT2D eigenvalue weighted by molar-refractivity contribution is 5.06. The van der Waals surface area contributed by atoms with Gasteiger partial charge in [-0.3, -0.25) is 0 Å². The van der Waals surface area contributed by atoms with Crippen LogP contribution in [0.15, 0.2) is 18.6 Å². The Labute approximate surface area is 76.9 Å². The highest BCUT2D eigenvalue weighted by Crippen LogP contribution is 2.21. The van der Waals surface area contributed by atoms with Crippen LogP contribution in [0, 0.1) is 17.2 Å². The summed E-state index contributed by atoms with van der Waals surface area (Å²) in [4.78, 5) is 7.62. The van der Waals surface area contributed by atoms with Gasteiger partial charge in [-0.25, -0.2) is 9.97 Å². The van der Waals surface area contributed by atoms with Crippen LogP contribution in [0.4, 0.5) is 0 Å². The first-order valence-electron chi connectivity index (χ1n) is 4.13. The molecule has 1 aromatic heterocycles. The van der Waals surface area contributed by atoms with Crippen molar-refractivity contribution in [2.24, 2.45) is 5.92 Å². The summed E-state index contributed by atoms with van der Waals surface area (Å²) in [6.07, 6.45) is 2.72. The molecule has 0 amide bonds. The SMILES string of the molecule is CCC(C#N)C(O)c1ccncn1. The van der Waals surface area contributed by atoms with Crippen molar-refractivity contribution in [3.8, 4) is 6.07 Å². The zero-order valence-electron chi connectivity index (χ0n) is 7.38. The van der Waals surface area contributed by atoms with Gasteiger partial charge in [0, 0.05) is 6.20 Å². The molecule has 4 heteroatoms. The molecule has 0 saturated heterocycles. The lowest BCUT2D eigenvalue weighted by molar-refractivity contribution is 0.128. The number of aromatic nitrogens is 2. The first-order valence-corrected chi connectivity index (χ1v) is 4.13. The summed E-state index contributed by atoms with van der Waals surface area (Å²) in [5, 5.41) is 18.4. The standard InChI is InChI=1S/C9H11N3O/c1-2-7(5-10)9(13)8-3-4-11-6-12-8/h3-4,6-7,9,13H,2H2,1H3. The van der Waals surface area contributed by atoms with E-state index in [2.05, 4.69) is 9.97 Å². The lowest BCUT2D eigenvalue weighted by Gasteiger charge is -2.13. The summed E-state index contributed by atoms with van der Waals surface area (Å²) in [6.45, 7) is 1.86. The molecule has 0 spiro atoms. The van der Waals surface area contributed by atoms with E-state index in [1.165, 1.54) is 6.33 Å². The fraction of sp³-hybridized carbons (Fsp3) is 0.444. The molecule has 1 rings (SSSR count). The lowest BCUT2D eigenvalue weighted by atomic mass is 9.99. The zero-order chi connectivity index (χ0) is 9.68. The Kier molecular flexibility index (Phi) is 3.35. The summed E-state index contributed by atoms with van der Waals surface area (Å²) in [7, 11) is 0. The summed E-state index contributed by atoms with van der Waals surface area (Å²) in [5.41, 5.74) is 0.503. The van der Waals surface area contributed by atoms with Gasteiger partial charge in [-0.1, -0.05) is 6.92 Å². The number of hydrogen-bond acceptors (Lipinski definition) is 4. The van der Waals surface area contributed by atoms with E-state index in [1.54, 1.807) is 12.3 Å². The summed E-state index contributed by atoms with van der Waals surface area (Å²) in [6, 6.07) is 3.66. The minimum atomic E-state index is -0.807. The monoisotopic (exact) mass is 177 g/mol. The molecule has 68 valence electrons. The molecule has 0 fully saturated rings. The van der Waals surface area contributed by atoms with Crippen molar-refractivity contribution >= 4 is 0 Å². The van der Waals surface area contributed by atoms with Gasteiger partial charge in [-0.05, 0) is 12.5 Å². The van der Waals surface area contributed by atoms with Gasteiger partial charge in [-0.15, -0.1) is 0 Å². The Hall–Kier alpha value is -1.47. The Bertz CT molecular complexity index is 293. The number of aliphatic hydroxyl groups is 1. The maximum atomic E-state index is 9.67. The van der Waals surface area contributed by atoms with E-state index in [9.17, 15) is 5.11 Å². The van der Waals surface area contributed by atoms with Gasteiger partial charge in [0.1, 0.15) is 12.4 Å². The Morgan fingerprint density at radius 3 is 2.92 bits per heavy atom. The third kappa shape index (κ3) is 2.23. The molecular formula is C9H11N3O. The second-order valence-electron chi connectivity index (χ2n) is 2.72. The Morgan fingerprint density at radius 2 is 2.46 bits per heavy atom. The molecule has 2 unspecified atom stereocenters. The fourth-order valence-electron chi connectivity index (χ4n) is 1.07. The molecule has 2 atom stereocenters. The normalized spacial score (nSPS) is 14.5. The number of aliphatic hydroxyl groups excluding tert-OH is 1. The van der Waals surface area contributed by atoms with Crippen LogP contribution in [-0.4, -0.2) is 15.1 Å². The third-order valence-corrected chi connectivity index (χ3v) is 1.89. The molecule has 0 bridgehead atoms. The van der Waals surface area contributed by atoms with Crippen LogP contribution in [0.25, 0.3) is 0 Å². The first kappa shape index (κ1) is 9.62. The number of nitrogens with zero attached hydrogens (tertiary/aromatic N) is 3. The second-order valence-corrected chi connectivity index (χ2v) is 2.72. The van der Waals surface area contributed by atoms with Crippen molar-refractivity contribution < 1.29 is 5.11 Å². The lowest BCUT2D eigenvalue weighted by Crippen LogP contribution is -2.11. The smallest absolute Gasteiger partial charge is 0.115 e. The van der Waals surface area contributed by atoms with Crippen LogP contribution in [-0.2, 0) is 0 Å². The van der Waals surface area contributed by atoms with Crippen molar-refractivity contribution in [3.63, 3.8) is 0 Å². The van der Waals surface area contributed by atoms with E-state index in [0.29, 0.717) is 12.1 Å². The Balaban J connectivity index is 2.79. The maximum Gasteiger partial charge on any atom is 0.115 e. The molecule has 0 aliphatic rings. The molecule has 4 nitrogen and oxygen atoms in total. The van der Waals surface area contributed by atoms with Gasteiger partial charge >= 0.3 is 0 Å². The van der Waals surface area contributed by atoms with Crippen LogP contribution in [0.1, 0.15) is 25.1 Å². The van der Waals surface area contributed by atoms with Crippen molar-refractivity contribution in [3.05, 3.63) is 24.3 Å². The van der Waals surface area contributed by atoms with E-state index >= 15 is 0 Å². The van der Waals surface area contributed by atoms with Crippen LogP contribution in [0.3, 0.4) is 0 Å². The number of rotatable bonds is 3. The predicted molar refractivity (Wildman–Crippen MR) is 46.4 cm³/mol. The van der Waals surface area contributed by atoms with Crippen LogP contribution < -0.4 is 0 Å². The van der Waals surface area contributed by atoms with E-state index in [-0.39, 0.29) is 0 Å². The topological polar surface area (TPSA) is 69.8 Å². The van der Waals surface area contributed by atoms with Crippen molar-refractivity contribution in [2.45, 2.75) is 19.4 Å². The first-order chi connectivity index (χ1) is 6.29. The molecule has 0 radical (unpaired) electrons. The highest BCUT2D eigenvalue weighted by Gasteiger charge is 2.19. The minimum absolute atomic E-state index is 0.394. The number of hydrogen-bond donors (Lipinski definition) is 1. The van der Waals surface area contributed by atoms with Gasteiger partial charge in [0.15, 0.2) is 0 Å². The fourth-order valence-corrected chi connectivity index (χ4v) is 1.07. The third-order valence-electron chi connectivity index (χ3n) is 1.89.